The fourth-order valence-electron chi connectivity index (χ4n) is 1.78. The lowest BCUT2D eigenvalue weighted by atomic mass is 10.1. The zero-order valence-electron chi connectivity index (χ0n) is 10.8. The van der Waals surface area contributed by atoms with E-state index in [9.17, 15) is 0 Å². The average molecular weight is 275 g/mol. The number of aryl methyl sites for hydroxylation is 1. The molecule has 0 saturated carbocycles. The zero-order chi connectivity index (χ0) is 13.7. The largest absolute Gasteiger partial charge is 0.373 e. The van der Waals surface area contributed by atoms with Crippen molar-refractivity contribution in [3.63, 3.8) is 0 Å². The van der Waals surface area contributed by atoms with E-state index in [2.05, 4.69) is 22.6 Å². The van der Waals surface area contributed by atoms with Crippen LogP contribution in [0.5, 0.6) is 0 Å². The number of nitrogens with zero attached hydrogens (tertiary/aromatic N) is 2. The maximum absolute atomic E-state index is 5.85. The minimum absolute atomic E-state index is 0.258. The highest BCUT2D eigenvalue weighted by Gasteiger charge is 2.06. The van der Waals surface area contributed by atoms with Gasteiger partial charge in [-0.05, 0) is 35.7 Å². The van der Waals surface area contributed by atoms with Crippen molar-refractivity contribution in [2.45, 2.75) is 13.5 Å². The van der Waals surface area contributed by atoms with Crippen LogP contribution in [0.4, 0.5) is 0 Å². The van der Waals surface area contributed by atoms with Crippen LogP contribution in [0.3, 0.4) is 0 Å². The first-order valence-corrected chi connectivity index (χ1v) is 6.35. The highest BCUT2D eigenvalue weighted by Crippen LogP contribution is 2.23. The third-order valence-corrected chi connectivity index (χ3v) is 2.83. The number of aromatic nitrogens is 2. The quantitative estimate of drug-likeness (QED) is 0.472. The molecule has 2 rings (SSSR count). The van der Waals surface area contributed by atoms with Crippen molar-refractivity contribution >= 4 is 11.6 Å². The Bertz CT molecular complexity index is 584. The second-order valence-corrected chi connectivity index (χ2v) is 4.51. The summed E-state index contributed by atoms with van der Waals surface area (Å²) in [6, 6.07) is 8.06. The van der Waals surface area contributed by atoms with Gasteiger partial charge in [0.15, 0.2) is 0 Å². The predicted molar refractivity (Wildman–Crippen MR) is 77.1 cm³/mol. The molecule has 0 saturated heterocycles. The molecule has 2 aromatic rings. The van der Waals surface area contributed by atoms with E-state index in [0.29, 0.717) is 13.2 Å². The summed E-state index contributed by atoms with van der Waals surface area (Å²) in [4.78, 5) is 8.24. The fourth-order valence-corrected chi connectivity index (χ4v) is 1.91. The smallest absolute Gasteiger partial charge is 0.222 e. The molecule has 0 N–H and O–H groups in total. The molecule has 4 heteroatoms. The second kappa shape index (κ2) is 6.45. The van der Waals surface area contributed by atoms with Gasteiger partial charge in [0.25, 0.3) is 0 Å². The topological polar surface area (TPSA) is 35.0 Å². The van der Waals surface area contributed by atoms with Gasteiger partial charge < -0.3 is 4.74 Å². The molecule has 0 unspecified atom stereocenters. The molecule has 0 aliphatic carbocycles. The van der Waals surface area contributed by atoms with Crippen molar-refractivity contribution in [1.29, 1.82) is 0 Å². The van der Waals surface area contributed by atoms with Crippen LogP contribution in [0.1, 0.15) is 11.1 Å². The van der Waals surface area contributed by atoms with Crippen molar-refractivity contribution in [2.75, 3.05) is 6.61 Å². The van der Waals surface area contributed by atoms with Gasteiger partial charge in [0.05, 0.1) is 18.9 Å². The van der Waals surface area contributed by atoms with Crippen LogP contribution < -0.4 is 0 Å². The van der Waals surface area contributed by atoms with Crippen molar-refractivity contribution in [2.24, 2.45) is 0 Å². The molecule has 0 radical (unpaired) electrons. The van der Waals surface area contributed by atoms with Crippen LogP contribution in [0.25, 0.3) is 11.3 Å². The molecule has 0 fully saturated rings. The zero-order valence-corrected chi connectivity index (χ0v) is 11.5. The van der Waals surface area contributed by atoms with Crippen LogP contribution in [-0.4, -0.2) is 16.6 Å². The third-order valence-electron chi connectivity index (χ3n) is 2.65. The van der Waals surface area contributed by atoms with Gasteiger partial charge in [0.1, 0.15) is 0 Å². The summed E-state index contributed by atoms with van der Waals surface area (Å²) in [6.07, 6.45) is 3.46. The van der Waals surface area contributed by atoms with E-state index in [1.807, 2.05) is 25.1 Å². The first-order valence-electron chi connectivity index (χ1n) is 5.98. The lowest BCUT2D eigenvalue weighted by Crippen LogP contribution is -1.95. The van der Waals surface area contributed by atoms with Gasteiger partial charge in [0, 0.05) is 11.8 Å². The molecule has 0 aliphatic rings. The molecule has 0 spiro atoms. The van der Waals surface area contributed by atoms with Gasteiger partial charge in [-0.25, -0.2) is 9.97 Å². The molecular weight excluding hydrogens is 260 g/mol. The SMILES string of the molecule is C=CCOCc1cccc(-c2nc(Cl)ncc2C)c1. The Balaban J connectivity index is 2.27. The van der Waals surface area contributed by atoms with Gasteiger partial charge in [-0.3, -0.25) is 0 Å². The van der Waals surface area contributed by atoms with Gasteiger partial charge in [-0.2, -0.15) is 0 Å². The fraction of sp³-hybridized carbons (Fsp3) is 0.200. The Morgan fingerprint density at radius 1 is 1.42 bits per heavy atom. The molecule has 1 aromatic heterocycles. The Labute approximate surface area is 117 Å². The Morgan fingerprint density at radius 3 is 3.05 bits per heavy atom. The lowest BCUT2D eigenvalue weighted by molar-refractivity contribution is 0.149. The summed E-state index contributed by atoms with van der Waals surface area (Å²) in [5.41, 5.74) is 3.95. The molecule has 1 heterocycles. The summed E-state index contributed by atoms with van der Waals surface area (Å²) in [5.74, 6) is 0. The monoisotopic (exact) mass is 274 g/mol. The number of benzene rings is 1. The Kier molecular flexibility index (Phi) is 4.66. The highest BCUT2D eigenvalue weighted by atomic mass is 35.5. The van der Waals surface area contributed by atoms with Crippen LogP contribution >= 0.6 is 11.6 Å². The van der Waals surface area contributed by atoms with Crippen molar-refractivity contribution in [3.05, 3.63) is 59.5 Å². The Hall–Kier alpha value is -1.71. The summed E-state index contributed by atoms with van der Waals surface area (Å²) in [5, 5.41) is 0.258. The Morgan fingerprint density at radius 2 is 2.26 bits per heavy atom. The van der Waals surface area contributed by atoms with E-state index in [-0.39, 0.29) is 5.28 Å². The predicted octanol–water partition coefficient (Wildman–Crippen LogP) is 3.81. The van der Waals surface area contributed by atoms with E-state index in [4.69, 9.17) is 16.3 Å². The number of rotatable bonds is 5. The van der Waals surface area contributed by atoms with E-state index in [1.54, 1.807) is 12.3 Å². The number of hydrogen-bond acceptors (Lipinski definition) is 3. The second-order valence-electron chi connectivity index (χ2n) is 4.17. The molecule has 98 valence electrons. The van der Waals surface area contributed by atoms with E-state index in [0.717, 1.165) is 22.4 Å². The van der Waals surface area contributed by atoms with Crippen LogP contribution in [-0.2, 0) is 11.3 Å². The van der Waals surface area contributed by atoms with E-state index in [1.165, 1.54) is 0 Å². The van der Waals surface area contributed by atoms with E-state index < -0.39 is 0 Å². The van der Waals surface area contributed by atoms with Crippen molar-refractivity contribution in [1.82, 2.24) is 9.97 Å². The summed E-state index contributed by atoms with van der Waals surface area (Å²) in [6.45, 7) is 6.68. The molecule has 0 amide bonds. The minimum atomic E-state index is 0.258. The van der Waals surface area contributed by atoms with Gasteiger partial charge >= 0.3 is 0 Å². The van der Waals surface area contributed by atoms with Gasteiger partial charge in [0.2, 0.25) is 5.28 Å². The minimum Gasteiger partial charge on any atom is -0.373 e. The first kappa shape index (κ1) is 13.7. The van der Waals surface area contributed by atoms with Gasteiger partial charge in [-0.1, -0.05) is 24.3 Å². The molecule has 19 heavy (non-hydrogen) atoms. The molecule has 0 bridgehead atoms. The molecule has 0 atom stereocenters. The molecule has 0 aliphatic heterocycles. The van der Waals surface area contributed by atoms with Crippen LogP contribution in [0.2, 0.25) is 5.28 Å². The first-order chi connectivity index (χ1) is 9.20. The molecule has 3 nitrogen and oxygen atoms in total. The average Bonchev–Trinajstić information content (AvgIpc) is 2.42. The summed E-state index contributed by atoms with van der Waals surface area (Å²) >= 11 is 5.85. The maximum Gasteiger partial charge on any atom is 0.222 e. The molecular formula is C15H15ClN2O. The summed E-state index contributed by atoms with van der Waals surface area (Å²) in [7, 11) is 0. The standard InChI is InChI=1S/C15H15ClN2O/c1-3-7-19-10-12-5-4-6-13(8-12)14-11(2)9-17-15(16)18-14/h3-6,8-9H,1,7,10H2,2H3. The normalized spacial score (nSPS) is 10.4. The number of ether oxygens (including phenoxy) is 1. The number of hydrogen-bond donors (Lipinski definition) is 0. The van der Waals surface area contributed by atoms with Crippen molar-refractivity contribution < 1.29 is 4.74 Å². The lowest BCUT2D eigenvalue weighted by Gasteiger charge is -2.07. The van der Waals surface area contributed by atoms with Crippen LogP contribution in [0.15, 0.2) is 43.1 Å². The number of halogens is 1. The maximum atomic E-state index is 5.85. The highest BCUT2D eigenvalue weighted by molar-refractivity contribution is 6.28. The molecule has 1 aromatic carbocycles. The van der Waals surface area contributed by atoms with Crippen molar-refractivity contribution in [3.8, 4) is 11.3 Å². The third kappa shape index (κ3) is 3.63. The van der Waals surface area contributed by atoms with E-state index >= 15 is 0 Å². The van der Waals surface area contributed by atoms with Crippen LogP contribution in [0, 0.1) is 6.92 Å². The van der Waals surface area contributed by atoms with Gasteiger partial charge in [-0.15, -0.1) is 6.58 Å². The summed E-state index contributed by atoms with van der Waals surface area (Å²) < 4.78 is 5.44.